The summed E-state index contributed by atoms with van der Waals surface area (Å²) in [7, 11) is 1.28. The standard InChI is InChI=1S/C17H24BFN2O2/c1-10(2)15-12-8-11(9-13(19)14(12)20-21(15)7)18-22-16(3,4)17(5,6)23-18/h8-10H,1-7H3. The molecule has 1 aliphatic heterocycles. The van der Waals surface area contributed by atoms with E-state index in [4.69, 9.17) is 9.31 Å². The van der Waals surface area contributed by atoms with E-state index < -0.39 is 18.3 Å². The third-order valence-electron chi connectivity index (χ3n) is 5.03. The van der Waals surface area contributed by atoms with Gasteiger partial charge in [0.25, 0.3) is 0 Å². The van der Waals surface area contributed by atoms with Crippen molar-refractivity contribution in [2.24, 2.45) is 7.05 Å². The second-order valence-electron chi connectivity index (χ2n) is 7.65. The summed E-state index contributed by atoms with van der Waals surface area (Å²) in [6.07, 6.45) is 0. The van der Waals surface area contributed by atoms with Crippen molar-refractivity contribution in [3.8, 4) is 0 Å². The molecule has 0 bridgehead atoms. The number of aryl methyl sites for hydroxylation is 1. The molecule has 0 amide bonds. The third kappa shape index (κ3) is 2.48. The molecule has 1 saturated heterocycles. The summed E-state index contributed by atoms with van der Waals surface area (Å²) in [5, 5.41) is 5.14. The molecule has 4 nitrogen and oxygen atoms in total. The summed E-state index contributed by atoms with van der Waals surface area (Å²) in [4.78, 5) is 0. The second kappa shape index (κ2) is 5.05. The molecular weight excluding hydrogens is 294 g/mol. The van der Waals surface area contributed by atoms with Crippen molar-refractivity contribution in [2.45, 2.75) is 58.7 Å². The van der Waals surface area contributed by atoms with E-state index in [-0.39, 0.29) is 11.7 Å². The van der Waals surface area contributed by atoms with Crippen molar-refractivity contribution < 1.29 is 13.7 Å². The lowest BCUT2D eigenvalue weighted by Crippen LogP contribution is -2.41. The number of fused-ring (bicyclic) bond motifs is 1. The molecule has 1 fully saturated rings. The van der Waals surface area contributed by atoms with Crippen molar-refractivity contribution in [3.05, 3.63) is 23.6 Å². The molecule has 23 heavy (non-hydrogen) atoms. The van der Waals surface area contributed by atoms with E-state index in [1.54, 1.807) is 4.68 Å². The number of nitrogens with zero attached hydrogens (tertiary/aromatic N) is 2. The van der Waals surface area contributed by atoms with Gasteiger partial charge in [-0.1, -0.05) is 19.9 Å². The first-order chi connectivity index (χ1) is 10.5. The first-order valence-corrected chi connectivity index (χ1v) is 8.05. The fraction of sp³-hybridized carbons (Fsp3) is 0.588. The Hall–Kier alpha value is -1.40. The molecule has 1 aliphatic rings. The molecule has 0 atom stereocenters. The van der Waals surface area contributed by atoms with Gasteiger partial charge >= 0.3 is 7.12 Å². The first-order valence-electron chi connectivity index (χ1n) is 8.05. The van der Waals surface area contributed by atoms with Crippen molar-refractivity contribution in [3.63, 3.8) is 0 Å². The van der Waals surface area contributed by atoms with Gasteiger partial charge in [0.1, 0.15) is 5.52 Å². The van der Waals surface area contributed by atoms with Crippen LogP contribution in [0.15, 0.2) is 12.1 Å². The lowest BCUT2D eigenvalue weighted by molar-refractivity contribution is 0.00578. The van der Waals surface area contributed by atoms with Crippen LogP contribution < -0.4 is 5.46 Å². The maximum Gasteiger partial charge on any atom is 0.494 e. The zero-order chi connectivity index (χ0) is 17.2. The molecule has 1 aromatic heterocycles. The minimum absolute atomic E-state index is 0.248. The van der Waals surface area contributed by atoms with Crippen molar-refractivity contribution in [2.75, 3.05) is 0 Å². The van der Waals surface area contributed by atoms with Crippen LogP contribution in [-0.4, -0.2) is 28.1 Å². The highest BCUT2D eigenvalue weighted by atomic mass is 19.1. The predicted octanol–water partition coefficient (Wildman–Crippen LogP) is 3.14. The van der Waals surface area contributed by atoms with Crippen molar-refractivity contribution >= 4 is 23.5 Å². The van der Waals surface area contributed by atoms with E-state index in [9.17, 15) is 4.39 Å². The van der Waals surface area contributed by atoms with Gasteiger partial charge in [0.2, 0.25) is 0 Å². The highest BCUT2D eigenvalue weighted by Gasteiger charge is 2.51. The molecule has 3 rings (SSSR count). The average molecular weight is 318 g/mol. The minimum atomic E-state index is -0.570. The number of aromatic nitrogens is 2. The summed E-state index contributed by atoms with van der Waals surface area (Å²) < 4.78 is 28.4. The molecule has 0 N–H and O–H groups in total. The molecule has 2 aromatic rings. The molecule has 6 heteroatoms. The van der Waals surface area contributed by atoms with Crippen molar-refractivity contribution in [1.29, 1.82) is 0 Å². The Morgan fingerprint density at radius 1 is 1.13 bits per heavy atom. The average Bonchev–Trinajstić information content (AvgIpc) is 2.83. The quantitative estimate of drug-likeness (QED) is 0.798. The van der Waals surface area contributed by atoms with Gasteiger partial charge in [-0.2, -0.15) is 5.10 Å². The summed E-state index contributed by atoms with van der Waals surface area (Å²) in [5.74, 6) is -0.0901. The van der Waals surface area contributed by atoms with E-state index in [2.05, 4.69) is 18.9 Å². The fourth-order valence-corrected chi connectivity index (χ4v) is 3.10. The summed E-state index contributed by atoms with van der Waals surface area (Å²) in [6, 6.07) is 3.42. The Morgan fingerprint density at radius 3 is 2.22 bits per heavy atom. The summed E-state index contributed by atoms with van der Waals surface area (Å²) in [5.41, 5.74) is 1.22. The molecule has 0 saturated carbocycles. The van der Waals surface area contributed by atoms with Gasteiger partial charge < -0.3 is 9.31 Å². The van der Waals surface area contributed by atoms with Crippen molar-refractivity contribution in [1.82, 2.24) is 9.78 Å². The summed E-state index contributed by atoms with van der Waals surface area (Å²) in [6.45, 7) is 12.1. The Kier molecular flexibility index (Phi) is 3.61. The van der Waals surface area contributed by atoms with Gasteiger partial charge in [0.15, 0.2) is 5.82 Å². The van der Waals surface area contributed by atoms with Crippen LogP contribution in [0.25, 0.3) is 10.9 Å². The predicted molar refractivity (Wildman–Crippen MR) is 90.5 cm³/mol. The van der Waals surface area contributed by atoms with Gasteiger partial charge in [-0.3, -0.25) is 4.68 Å². The lowest BCUT2D eigenvalue weighted by Gasteiger charge is -2.32. The smallest absolute Gasteiger partial charge is 0.399 e. The molecule has 0 unspecified atom stereocenters. The largest absolute Gasteiger partial charge is 0.494 e. The van der Waals surface area contributed by atoms with Gasteiger partial charge in [-0.05, 0) is 45.1 Å². The van der Waals surface area contributed by atoms with Crippen LogP contribution in [0.5, 0.6) is 0 Å². The number of rotatable bonds is 2. The molecular formula is C17H24BFN2O2. The van der Waals surface area contributed by atoms with E-state index in [0.717, 1.165) is 11.1 Å². The summed E-state index contributed by atoms with van der Waals surface area (Å²) >= 11 is 0. The maximum atomic E-state index is 14.6. The fourth-order valence-electron chi connectivity index (χ4n) is 3.10. The third-order valence-corrected chi connectivity index (χ3v) is 5.03. The maximum absolute atomic E-state index is 14.6. The van der Waals surface area contributed by atoms with Gasteiger partial charge in [0, 0.05) is 18.1 Å². The zero-order valence-electron chi connectivity index (χ0n) is 14.9. The minimum Gasteiger partial charge on any atom is -0.399 e. The number of halogens is 1. The van der Waals surface area contributed by atoms with Gasteiger partial charge in [-0.25, -0.2) is 4.39 Å². The van der Waals surface area contributed by atoms with Crippen LogP contribution >= 0.6 is 0 Å². The van der Waals surface area contributed by atoms with Crippen LogP contribution in [0.3, 0.4) is 0 Å². The Bertz CT molecular complexity index is 752. The Morgan fingerprint density at radius 2 is 1.70 bits per heavy atom. The SMILES string of the molecule is CC(C)c1c2cc(B3OC(C)(C)C(C)(C)O3)cc(F)c2nn1C. The number of benzene rings is 1. The van der Waals surface area contributed by atoms with Crippen LogP contribution in [0.1, 0.15) is 53.2 Å². The highest BCUT2D eigenvalue weighted by molar-refractivity contribution is 6.62. The van der Waals surface area contributed by atoms with Crippen LogP contribution in [0.2, 0.25) is 0 Å². The Balaban J connectivity index is 2.12. The molecule has 1 aromatic carbocycles. The molecule has 2 heterocycles. The van der Waals surface area contributed by atoms with Gasteiger partial charge in [0.05, 0.1) is 11.2 Å². The molecule has 124 valence electrons. The zero-order valence-corrected chi connectivity index (χ0v) is 14.9. The van der Waals surface area contributed by atoms with Gasteiger partial charge in [-0.15, -0.1) is 0 Å². The van der Waals surface area contributed by atoms with E-state index >= 15 is 0 Å². The number of hydrogen-bond donors (Lipinski definition) is 0. The molecule has 0 aliphatic carbocycles. The van der Waals surface area contributed by atoms with E-state index in [1.165, 1.54) is 6.07 Å². The van der Waals surface area contributed by atoms with Crippen LogP contribution in [0.4, 0.5) is 4.39 Å². The highest BCUT2D eigenvalue weighted by Crippen LogP contribution is 2.37. The molecule has 0 radical (unpaired) electrons. The second-order valence-corrected chi connectivity index (χ2v) is 7.65. The number of hydrogen-bond acceptors (Lipinski definition) is 3. The molecule has 0 spiro atoms. The monoisotopic (exact) mass is 318 g/mol. The van der Waals surface area contributed by atoms with Crippen LogP contribution in [0, 0.1) is 5.82 Å². The topological polar surface area (TPSA) is 36.3 Å². The lowest BCUT2D eigenvalue weighted by atomic mass is 9.78. The van der Waals surface area contributed by atoms with E-state index in [1.807, 2.05) is 40.8 Å². The Labute approximate surface area is 137 Å². The van der Waals surface area contributed by atoms with Crippen LogP contribution in [-0.2, 0) is 16.4 Å². The normalized spacial score (nSPS) is 20.0. The van der Waals surface area contributed by atoms with E-state index in [0.29, 0.717) is 11.0 Å². The first kappa shape index (κ1) is 16.5.